The van der Waals surface area contributed by atoms with Crippen LogP contribution in [0.4, 0.5) is 13.2 Å². The summed E-state index contributed by atoms with van der Waals surface area (Å²) in [6.07, 6.45) is 11.3. The van der Waals surface area contributed by atoms with Crippen molar-refractivity contribution in [2.24, 2.45) is 0 Å². The molecule has 1 atom stereocenters. The molecule has 0 spiro atoms. The Kier molecular flexibility index (Phi) is 17.4. The summed E-state index contributed by atoms with van der Waals surface area (Å²) in [4.78, 5) is 0. The summed E-state index contributed by atoms with van der Waals surface area (Å²) in [5, 5.41) is 0. The highest BCUT2D eigenvalue weighted by molar-refractivity contribution is 5.25. The lowest BCUT2D eigenvalue weighted by Gasteiger charge is -2.27. The van der Waals surface area contributed by atoms with Crippen LogP contribution in [-0.4, -0.2) is 24.8 Å². The number of unbranched alkanes of at least 4 members (excludes halogenated alkanes) is 9. The van der Waals surface area contributed by atoms with E-state index in [-0.39, 0.29) is 18.3 Å². The molecule has 36 heavy (non-hydrogen) atoms. The first-order chi connectivity index (χ1) is 17.1. The molecule has 1 unspecified atom stereocenters. The van der Waals surface area contributed by atoms with E-state index >= 15 is 0 Å². The molecule has 0 bridgehead atoms. The quantitative estimate of drug-likeness (QED) is 0.120. The van der Waals surface area contributed by atoms with Crippen LogP contribution in [0.3, 0.4) is 0 Å². The Bertz CT molecular complexity index is 651. The number of benzene rings is 1. The van der Waals surface area contributed by atoms with E-state index < -0.39 is 18.2 Å². The van der Waals surface area contributed by atoms with E-state index in [1.807, 2.05) is 27.7 Å². The van der Waals surface area contributed by atoms with E-state index in [1.165, 1.54) is 50.7 Å². The zero-order chi connectivity index (χ0) is 26.8. The highest BCUT2D eigenvalue weighted by Gasteiger charge is 2.30. The van der Waals surface area contributed by atoms with Crippen molar-refractivity contribution in [2.75, 3.05) is 0 Å². The minimum atomic E-state index is -4.28. The monoisotopic (exact) mass is 516 g/mol. The molecule has 0 aromatic heterocycles. The van der Waals surface area contributed by atoms with Gasteiger partial charge in [0, 0.05) is 0 Å². The number of halogens is 3. The molecule has 0 fully saturated rings. The Hall–Kier alpha value is -1.11. The molecule has 0 N–H and O–H groups in total. The van der Waals surface area contributed by atoms with Crippen molar-refractivity contribution < 1.29 is 27.4 Å². The van der Waals surface area contributed by atoms with Crippen LogP contribution in [0.1, 0.15) is 129 Å². The molecule has 0 radical (unpaired) electrons. The minimum Gasteiger partial charge on any atom is -0.327 e. The van der Waals surface area contributed by atoms with Crippen LogP contribution in [0.15, 0.2) is 24.3 Å². The summed E-state index contributed by atoms with van der Waals surface area (Å²) in [6.45, 7) is 9.51. The highest BCUT2D eigenvalue weighted by Crippen LogP contribution is 2.30. The van der Waals surface area contributed by atoms with Gasteiger partial charge >= 0.3 is 6.18 Å². The van der Waals surface area contributed by atoms with E-state index in [0.29, 0.717) is 6.42 Å². The number of hydrogen-bond donors (Lipinski definition) is 0. The third-order valence-corrected chi connectivity index (χ3v) is 6.20. The summed E-state index contributed by atoms with van der Waals surface area (Å²) in [5.41, 5.74) is 0.191. The minimum absolute atomic E-state index is 0.0174. The molecule has 6 heteroatoms. The molecule has 1 aromatic carbocycles. The fraction of sp³-hybridized carbons (Fsp3) is 0.800. The van der Waals surface area contributed by atoms with Gasteiger partial charge in [-0.3, -0.25) is 0 Å². The van der Waals surface area contributed by atoms with Crippen LogP contribution in [0, 0.1) is 0 Å². The Labute approximate surface area is 218 Å². The van der Waals surface area contributed by atoms with Gasteiger partial charge in [-0.25, -0.2) is 0 Å². The average molecular weight is 517 g/mol. The predicted octanol–water partition coefficient (Wildman–Crippen LogP) is 9.86. The average Bonchev–Trinajstić information content (AvgIpc) is 2.79. The first-order valence-corrected chi connectivity index (χ1v) is 14.2. The third-order valence-electron chi connectivity index (χ3n) is 6.20. The van der Waals surface area contributed by atoms with E-state index in [2.05, 4.69) is 6.92 Å². The Balaban J connectivity index is 2.46. The maximum absolute atomic E-state index is 12.9. The Morgan fingerprint density at radius 2 is 1.22 bits per heavy atom. The Morgan fingerprint density at radius 3 is 1.75 bits per heavy atom. The fourth-order valence-electron chi connectivity index (χ4n) is 4.27. The zero-order valence-electron chi connectivity index (χ0n) is 23.4. The summed E-state index contributed by atoms with van der Waals surface area (Å²) in [7, 11) is 0. The molecule has 0 saturated carbocycles. The second-order valence-corrected chi connectivity index (χ2v) is 10.5. The molecule has 0 aliphatic rings. The predicted molar refractivity (Wildman–Crippen MR) is 142 cm³/mol. The zero-order valence-corrected chi connectivity index (χ0v) is 23.4. The molecule has 0 aliphatic carbocycles. The number of rotatable bonds is 21. The van der Waals surface area contributed by atoms with Crippen LogP contribution in [0.2, 0.25) is 0 Å². The van der Waals surface area contributed by atoms with Gasteiger partial charge in [0.25, 0.3) is 6.48 Å². The van der Waals surface area contributed by atoms with Crippen molar-refractivity contribution in [1.29, 1.82) is 0 Å². The first-order valence-electron chi connectivity index (χ1n) is 14.2. The van der Waals surface area contributed by atoms with Crippen molar-refractivity contribution in [1.82, 2.24) is 0 Å². The molecule has 210 valence electrons. The summed E-state index contributed by atoms with van der Waals surface area (Å²) in [5.74, 6) is 0. The standard InChI is InChI=1S/C30H51F3O3/c1-6-7-8-9-10-11-15-21-28(36-29(34-24(2)3)35-25(4)5)22-16-13-12-14-18-26-19-17-20-27(23-26)30(31,32)33/h17,19-20,23-25,28-29H,6-16,18,21-22H2,1-5H3. The lowest BCUT2D eigenvalue weighted by molar-refractivity contribution is -0.327. The maximum atomic E-state index is 12.9. The normalized spacial score (nSPS) is 13.3. The number of alkyl halides is 3. The van der Waals surface area contributed by atoms with Gasteiger partial charge in [0.05, 0.1) is 23.9 Å². The molecule has 0 heterocycles. The Morgan fingerprint density at radius 1 is 0.694 bits per heavy atom. The second kappa shape index (κ2) is 19.0. The molecule has 0 saturated heterocycles. The smallest absolute Gasteiger partial charge is 0.327 e. The van der Waals surface area contributed by atoms with Crippen LogP contribution in [0.5, 0.6) is 0 Å². The third kappa shape index (κ3) is 16.6. The van der Waals surface area contributed by atoms with Crippen LogP contribution in [-0.2, 0) is 26.8 Å². The van der Waals surface area contributed by atoms with Gasteiger partial charge in [0.2, 0.25) is 0 Å². The van der Waals surface area contributed by atoms with Crippen molar-refractivity contribution >= 4 is 0 Å². The second-order valence-electron chi connectivity index (χ2n) is 10.5. The van der Waals surface area contributed by atoms with Gasteiger partial charge in [0.15, 0.2) is 0 Å². The van der Waals surface area contributed by atoms with Gasteiger partial charge in [-0.2, -0.15) is 13.2 Å². The lowest BCUT2D eigenvalue weighted by Crippen LogP contribution is -2.31. The molecular formula is C30H51F3O3. The molecule has 1 aromatic rings. The van der Waals surface area contributed by atoms with Gasteiger partial charge in [-0.1, -0.05) is 89.3 Å². The van der Waals surface area contributed by atoms with Crippen molar-refractivity contribution in [3.05, 3.63) is 35.4 Å². The number of aryl methyl sites for hydroxylation is 1. The molecule has 1 rings (SSSR count). The van der Waals surface area contributed by atoms with E-state index in [4.69, 9.17) is 14.2 Å². The maximum Gasteiger partial charge on any atom is 0.416 e. The number of hydrogen-bond acceptors (Lipinski definition) is 3. The SMILES string of the molecule is CCCCCCCCCC(CCCCCCc1cccc(C(F)(F)F)c1)OC(OC(C)C)OC(C)C. The fourth-order valence-corrected chi connectivity index (χ4v) is 4.27. The van der Waals surface area contributed by atoms with E-state index in [9.17, 15) is 13.2 Å². The molecule has 0 amide bonds. The van der Waals surface area contributed by atoms with Crippen molar-refractivity contribution in [2.45, 2.75) is 155 Å². The van der Waals surface area contributed by atoms with Gasteiger partial charge in [-0.05, 0) is 65.0 Å². The topological polar surface area (TPSA) is 27.7 Å². The summed E-state index contributed by atoms with van der Waals surface area (Å²) < 4.78 is 56.8. The van der Waals surface area contributed by atoms with Crippen LogP contribution in [0.25, 0.3) is 0 Å². The highest BCUT2D eigenvalue weighted by atomic mass is 19.4. The lowest BCUT2D eigenvalue weighted by atomic mass is 10.0. The van der Waals surface area contributed by atoms with Gasteiger partial charge in [0.1, 0.15) is 0 Å². The molecule has 0 aliphatic heterocycles. The first kappa shape index (κ1) is 32.9. The van der Waals surface area contributed by atoms with Gasteiger partial charge in [-0.15, -0.1) is 0 Å². The van der Waals surface area contributed by atoms with Crippen LogP contribution >= 0.6 is 0 Å². The summed E-state index contributed by atoms with van der Waals surface area (Å²) >= 11 is 0. The van der Waals surface area contributed by atoms with Crippen molar-refractivity contribution in [3.8, 4) is 0 Å². The van der Waals surface area contributed by atoms with Gasteiger partial charge < -0.3 is 14.2 Å². The van der Waals surface area contributed by atoms with Crippen LogP contribution < -0.4 is 0 Å². The van der Waals surface area contributed by atoms with Crippen molar-refractivity contribution in [3.63, 3.8) is 0 Å². The van der Waals surface area contributed by atoms with E-state index in [0.717, 1.165) is 56.6 Å². The molecule has 3 nitrogen and oxygen atoms in total. The molecular weight excluding hydrogens is 465 g/mol. The number of ether oxygens (including phenoxy) is 3. The largest absolute Gasteiger partial charge is 0.416 e. The summed E-state index contributed by atoms with van der Waals surface area (Å²) in [6, 6.07) is 5.69. The van der Waals surface area contributed by atoms with E-state index in [1.54, 1.807) is 6.07 Å².